The smallest absolute Gasteiger partial charge is 0.326 e. The molecule has 0 radical (unpaired) electrons. The van der Waals surface area contributed by atoms with Crippen molar-refractivity contribution >= 4 is 29.3 Å². The maximum absolute atomic E-state index is 11.6. The zero-order valence-corrected chi connectivity index (χ0v) is 9.74. The number of aromatic amines is 1. The lowest BCUT2D eigenvalue weighted by atomic mass is 10.2. The number of benzene rings is 1. The van der Waals surface area contributed by atoms with Crippen LogP contribution in [0.1, 0.15) is 0 Å². The van der Waals surface area contributed by atoms with E-state index in [0.717, 1.165) is 0 Å². The number of hydrogen-bond acceptors (Lipinski definition) is 3. The molecule has 0 saturated carbocycles. The molecule has 1 heterocycles. The number of nitrogens with zero attached hydrogens (tertiary/aromatic N) is 1. The van der Waals surface area contributed by atoms with E-state index < -0.39 is 11.9 Å². The number of imidazole rings is 1. The van der Waals surface area contributed by atoms with Gasteiger partial charge < -0.3 is 16.5 Å². The van der Waals surface area contributed by atoms with E-state index in [1.54, 1.807) is 12.1 Å². The number of nitrogens with two attached hydrogens (primary N) is 2. The molecule has 1 aromatic heterocycles. The van der Waals surface area contributed by atoms with Gasteiger partial charge in [-0.05, 0) is 12.1 Å². The Morgan fingerprint density at radius 1 is 1.41 bits per heavy atom. The summed E-state index contributed by atoms with van der Waals surface area (Å²) in [5.74, 6) is -0.628. The number of nitrogens with one attached hydrogen (secondary N) is 1. The lowest BCUT2D eigenvalue weighted by Gasteiger charge is -2.07. The molecule has 7 heteroatoms. The van der Waals surface area contributed by atoms with Crippen LogP contribution in [0.25, 0.3) is 11.0 Å². The van der Waals surface area contributed by atoms with E-state index in [2.05, 4.69) is 4.98 Å². The number of carbonyl (C=O) groups is 1. The molecule has 6 nitrogen and oxygen atoms in total. The lowest BCUT2D eigenvalue weighted by Crippen LogP contribution is -2.41. The monoisotopic (exact) mass is 256 g/mol. The van der Waals surface area contributed by atoms with Gasteiger partial charge in [-0.25, -0.2) is 4.79 Å². The number of hydrogen-bond donors (Lipinski definition) is 3. The number of para-hydroxylation sites is 2. The van der Waals surface area contributed by atoms with Crippen LogP contribution in [0, 0.1) is 0 Å². The van der Waals surface area contributed by atoms with E-state index in [-0.39, 0.29) is 24.6 Å². The first-order chi connectivity index (χ1) is 7.59. The maximum Gasteiger partial charge on any atom is 0.326 e. The Kier molecular flexibility index (Phi) is 3.93. The molecule has 0 aliphatic heterocycles. The summed E-state index contributed by atoms with van der Waals surface area (Å²) in [6.45, 7) is 0.0815. The lowest BCUT2D eigenvalue weighted by molar-refractivity contribution is -0.119. The van der Waals surface area contributed by atoms with Gasteiger partial charge >= 0.3 is 5.69 Å². The van der Waals surface area contributed by atoms with Crippen molar-refractivity contribution in [2.45, 2.75) is 12.6 Å². The van der Waals surface area contributed by atoms with E-state index in [0.29, 0.717) is 11.0 Å². The first-order valence-corrected chi connectivity index (χ1v) is 4.82. The van der Waals surface area contributed by atoms with Crippen molar-refractivity contribution in [2.24, 2.45) is 11.5 Å². The van der Waals surface area contributed by atoms with Crippen molar-refractivity contribution in [3.63, 3.8) is 0 Å². The number of primary amides is 1. The molecule has 17 heavy (non-hydrogen) atoms. The molecule has 0 unspecified atom stereocenters. The van der Waals surface area contributed by atoms with Crippen LogP contribution in [0.4, 0.5) is 0 Å². The zero-order valence-electron chi connectivity index (χ0n) is 8.92. The summed E-state index contributed by atoms with van der Waals surface area (Å²) in [5, 5.41) is 0. The SMILES string of the molecule is Cl.NC(=O)[C@@H](N)Cn1c(=O)[nH]c2ccccc21. The van der Waals surface area contributed by atoms with Crippen LogP contribution in [0.5, 0.6) is 0 Å². The second kappa shape index (κ2) is 5.03. The second-order valence-electron chi connectivity index (χ2n) is 3.57. The molecule has 0 saturated heterocycles. The number of amides is 1. The average molecular weight is 257 g/mol. The maximum atomic E-state index is 11.6. The first kappa shape index (κ1) is 13.3. The Balaban J connectivity index is 0.00000144. The van der Waals surface area contributed by atoms with Gasteiger partial charge in [-0.1, -0.05) is 12.1 Å². The van der Waals surface area contributed by atoms with E-state index in [9.17, 15) is 9.59 Å². The van der Waals surface area contributed by atoms with Gasteiger partial charge in [0.2, 0.25) is 5.91 Å². The summed E-state index contributed by atoms with van der Waals surface area (Å²) in [6.07, 6.45) is 0. The van der Waals surface area contributed by atoms with E-state index >= 15 is 0 Å². The fourth-order valence-electron chi connectivity index (χ4n) is 1.57. The van der Waals surface area contributed by atoms with Gasteiger partial charge in [0, 0.05) is 0 Å². The van der Waals surface area contributed by atoms with Crippen molar-refractivity contribution in [3.05, 3.63) is 34.7 Å². The molecular weight excluding hydrogens is 244 g/mol. The normalized spacial score (nSPS) is 12.1. The van der Waals surface area contributed by atoms with Crippen molar-refractivity contribution < 1.29 is 4.79 Å². The Hall–Kier alpha value is -1.79. The molecule has 0 aliphatic rings. The molecule has 2 rings (SSSR count). The van der Waals surface area contributed by atoms with Gasteiger partial charge in [-0.2, -0.15) is 0 Å². The van der Waals surface area contributed by atoms with Gasteiger partial charge in [0.1, 0.15) is 6.04 Å². The predicted octanol–water partition coefficient (Wildman–Crippen LogP) is -0.436. The molecular formula is C10H13ClN4O2. The minimum atomic E-state index is -0.864. The van der Waals surface area contributed by atoms with Crippen molar-refractivity contribution in [2.75, 3.05) is 0 Å². The fourth-order valence-corrected chi connectivity index (χ4v) is 1.57. The van der Waals surface area contributed by atoms with Crippen LogP contribution >= 0.6 is 12.4 Å². The summed E-state index contributed by atoms with van der Waals surface area (Å²) in [6, 6.07) is 6.32. The Labute approximate surface area is 103 Å². The standard InChI is InChI=1S/C10H12N4O2.ClH/c11-6(9(12)15)5-14-8-4-2-1-3-7(8)13-10(14)16;/h1-4,6H,5,11H2,(H2,12,15)(H,13,16);1H/t6-;/m0./s1. The third-order valence-corrected chi connectivity index (χ3v) is 2.43. The highest BCUT2D eigenvalue weighted by molar-refractivity contribution is 5.85. The Morgan fingerprint density at radius 3 is 2.71 bits per heavy atom. The minimum Gasteiger partial charge on any atom is -0.368 e. The molecule has 0 bridgehead atoms. The molecule has 1 amide bonds. The minimum absolute atomic E-state index is 0. The highest BCUT2D eigenvalue weighted by Gasteiger charge is 2.13. The van der Waals surface area contributed by atoms with E-state index in [4.69, 9.17) is 11.5 Å². The summed E-state index contributed by atoms with van der Waals surface area (Å²) >= 11 is 0. The first-order valence-electron chi connectivity index (χ1n) is 4.82. The van der Waals surface area contributed by atoms with Gasteiger partial charge in [0.25, 0.3) is 0 Å². The van der Waals surface area contributed by atoms with Gasteiger partial charge in [0.05, 0.1) is 17.6 Å². The molecule has 1 atom stereocenters. The molecule has 0 aliphatic carbocycles. The number of rotatable bonds is 3. The van der Waals surface area contributed by atoms with Gasteiger partial charge in [-0.15, -0.1) is 12.4 Å². The molecule has 0 spiro atoms. The zero-order chi connectivity index (χ0) is 11.7. The van der Waals surface area contributed by atoms with Crippen molar-refractivity contribution in [3.8, 4) is 0 Å². The highest BCUT2D eigenvalue weighted by Crippen LogP contribution is 2.08. The summed E-state index contributed by atoms with van der Waals surface area (Å²) in [5.41, 5.74) is 11.7. The molecule has 5 N–H and O–H groups in total. The topological polar surface area (TPSA) is 107 Å². The Morgan fingerprint density at radius 2 is 2.06 bits per heavy atom. The van der Waals surface area contributed by atoms with Crippen LogP contribution < -0.4 is 17.2 Å². The van der Waals surface area contributed by atoms with Crippen LogP contribution in [-0.4, -0.2) is 21.5 Å². The second-order valence-corrected chi connectivity index (χ2v) is 3.57. The summed E-state index contributed by atoms with van der Waals surface area (Å²) < 4.78 is 1.41. The molecule has 0 fully saturated rings. The average Bonchev–Trinajstić information content (AvgIpc) is 2.55. The highest BCUT2D eigenvalue weighted by atomic mass is 35.5. The van der Waals surface area contributed by atoms with Crippen molar-refractivity contribution in [1.29, 1.82) is 0 Å². The largest absolute Gasteiger partial charge is 0.368 e. The van der Waals surface area contributed by atoms with E-state index in [1.807, 2.05) is 12.1 Å². The van der Waals surface area contributed by atoms with Crippen LogP contribution in [0.3, 0.4) is 0 Å². The Bertz CT molecular complexity index is 589. The summed E-state index contributed by atoms with van der Waals surface area (Å²) in [7, 11) is 0. The van der Waals surface area contributed by atoms with Crippen LogP contribution in [-0.2, 0) is 11.3 Å². The number of aromatic nitrogens is 2. The van der Waals surface area contributed by atoms with Crippen LogP contribution in [0.15, 0.2) is 29.1 Å². The fraction of sp³-hybridized carbons (Fsp3) is 0.200. The predicted molar refractivity (Wildman–Crippen MR) is 67.0 cm³/mol. The van der Waals surface area contributed by atoms with Gasteiger partial charge in [0.15, 0.2) is 0 Å². The van der Waals surface area contributed by atoms with Crippen molar-refractivity contribution in [1.82, 2.24) is 9.55 Å². The third-order valence-electron chi connectivity index (χ3n) is 2.43. The number of H-pyrrole nitrogens is 1. The third kappa shape index (κ3) is 2.48. The molecule has 92 valence electrons. The van der Waals surface area contributed by atoms with Crippen LogP contribution in [0.2, 0.25) is 0 Å². The number of fused-ring (bicyclic) bond motifs is 1. The number of carbonyl (C=O) groups excluding carboxylic acids is 1. The number of halogens is 1. The molecule has 1 aromatic carbocycles. The quantitative estimate of drug-likeness (QED) is 0.693. The molecule has 2 aromatic rings. The van der Waals surface area contributed by atoms with E-state index in [1.165, 1.54) is 4.57 Å². The summed E-state index contributed by atoms with van der Waals surface area (Å²) in [4.78, 5) is 25.1. The van der Waals surface area contributed by atoms with Gasteiger partial charge in [-0.3, -0.25) is 9.36 Å².